The SMILES string of the molecule is CN=C(NCc1noc(C)n1)N(C)CCc1ccc(OC)c(OC)c1. The number of hydrogen-bond acceptors (Lipinski definition) is 6. The maximum absolute atomic E-state index is 5.34. The summed E-state index contributed by atoms with van der Waals surface area (Å²) in [4.78, 5) is 10.5. The number of methoxy groups -OCH3 is 2. The van der Waals surface area contributed by atoms with Crippen LogP contribution in [-0.4, -0.2) is 55.9 Å². The van der Waals surface area contributed by atoms with Crippen molar-refractivity contribution in [3.05, 3.63) is 35.5 Å². The van der Waals surface area contributed by atoms with E-state index < -0.39 is 0 Å². The van der Waals surface area contributed by atoms with E-state index in [1.165, 1.54) is 0 Å². The second-order valence-corrected chi connectivity index (χ2v) is 5.49. The minimum atomic E-state index is 0.463. The number of ether oxygens (including phenoxy) is 2. The fourth-order valence-corrected chi connectivity index (χ4v) is 2.39. The van der Waals surface area contributed by atoms with Crippen molar-refractivity contribution in [3.63, 3.8) is 0 Å². The molecular weight excluding hydrogens is 322 g/mol. The number of aliphatic imine (C=N–C) groups is 1. The Hall–Kier alpha value is -2.77. The number of guanidine groups is 1. The van der Waals surface area contributed by atoms with Gasteiger partial charge in [-0.3, -0.25) is 4.99 Å². The van der Waals surface area contributed by atoms with E-state index in [4.69, 9.17) is 14.0 Å². The molecule has 0 spiro atoms. The van der Waals surface area contributed by atoms with Crippen LogP contribution in [0.25, 0.3) is 0 Å². The molecule has 0 aliphatic rings. The van der Waals surface area contributed by atoms with Gasteiger partial charge in [-0.05, 0) is 24.1 Å². The highest BCUT2D eigenvalue weighted by Crippen LogP contribution is 2.27. The molecule has 2 rings (SSSR count). The smallest absolute Gasteiger partial charge is 0.223 e. The van der Waals surface area contributed by atoms with Crippen molar-refractivity contribution in [1.82, 2.24) is 20.4 Å². The predicted octanol–water partition coefficient (Wildman–Crippen LogP) is 1.65. The molecule has 1 aromatic carbocycles. The van der Waals surface area contributed by atoms with E-state index in [0.717, 1.165) is 36.0 Å². The molecule has 8 heteroatoms. The Morgan fingerprint density at radius 2 is 2.04 bits per heavy atom. The summed E-state index contributed by atoms with van der Waals surface area (Å²) in [7, 11) is 7.00. The molecule has 0 amide bonds. The molecule has 0 fully saturated rings. The van der Waals surface area contributed by atoms with Gasteiger partial charge in [0.15, 0.2) is 23.3 Å². The summed E-state index contributed by atoms with van der Waals surface area (Å²) < 4.78 is 15.6. The van der Waals surface area contributed by atoms with E-state index in [0.29, 0.717) is 18.3 Å². The van der Waals surface area contributed by atoms with Crippen LogP contribution >= 0.6 is 0 Å². The first-order valence-electron chi connectivity index (χ1n) is 7.99. The summed E-state index contributed by atoms with van der Waals surface area (Å²) in [6.07, 6.45) is 0.846. The van der Waals surface area contributed by atoms with Crippen molar-refractivity contribution in [2.45, 2.75) is 19.9 Å². The molecule has 0 aliphatic heterocycles. The van der Waals surface area contributed by atoms with Gasteiger partial charge < -0.3 is 24.2 Å². The molecule has 2 aromatic rings. The zero-order valence-electron chi connectivity index (χ0n) is 15.4. The lowest BCUT2D eigenvalue weighted by atomic mass is 10.1. The standard InChI is InChI=1S/C17H25N5O3/c1-12-20-16(21-25-12)11-19-17(18-2)22(3)9-8-13-6-7-14(23-4)15(10-13)24-5/h6-7,10H,8-9,11H2,1-5H3,(H,18,19). The molecule has 8 nitrogen and oxygen atoms in total. The van der Waals surface area contributed by atoms with Crippen LogP contribution in [0.3, 0.4) is 0 Å². The molecule has 0 aliphatic carbocycles. The number of nitrogens with zero attached hydrogens (tertiary/aromatic N) is 4. The summed E-state index contributed by atoms with van der Waals surface area (Å²) in [5.74, 6) is 3.38. The first-order valence-corrected chi connectivity index (χ1v) is 7.99. The van der Waals surface area contributed by atoms with Crippen LogP contribution < -0.4 is 14.8 Å². The maximum Gasteiger partial charge on any atom is 0.223 e. The molecule has 0 saturated heterocycles. The Labute approximate surface area is 147 Å². The van der Waals surface area contributed by atoms with Gasteiger partial charge in [0, 0.05) is 27.6 Å². The first kappa shape index (κ1) is 18.6. The summed E-state index contributed by atoms with van der Waals surface area (Å²) in [5, 5.41) is 7.08. The van der Waals surface area contributed by atoms with Gasteiger partial charge in [-0.15, -0.1) is 0 Å². The number of aryl methyl sites for hydroxylation is 1. The summed E-state index contributed by atoms with van der Waals surface area (Å²) in [5.41, 5.74) is 1.16. The molecule has 0 radical (unpaired) electrons. The van der Waals surface area contributed by atoms with Crippen molar-refractivity contribution in [1.29, 1.82) is 0 Å². The second-order valence-electron chi connectivity index (χ2n) is 5.49. The van der Waals surface area contributed by atoms with Crippen LogP contribution in [0.2, 0.25) is 0 Å². The van der Waals surface area contributed by atoms with Gasteiger partial charge in [0.05, 0.1) is 20.8 Å². The Kier molecular flexibility index (Phi) is 6.62. The highest BCUT2D eigenvalue weighted by atomic mass is 16.5. The van der Waals surface area contributed by atoms with E-state index in [9.17, 15) is 0 Å². The van der Waals surface area contributed by atoms with Gasteiger partial charge in [0.1, 0.15) is 0 Å². The molecule has 1 N–H and O–H groups in total. The minimum absolute atomic E-state index is 0.463. The van der Waals surface area contributed by atoms with E-state index in [1.807, 2.05) is 30.1 Å². The Morgan fingerprint density at radius 3 is 2.64 bits per heavy atom. The number of likely N-dealkylation sites (N-methyl/N-ethyl adjacent to an activating group) is 1. The van der Waals surface area contributed by atoms with Crippen LogP contribution in [0.5, 0.6) is 11.5 Å². The Bertz CT molecular complexity index is 714. The minimum Gasteiger partial charge on any atom is -0.493 e. The number of rotatable bonds is 7. The molecule has 1 aromatic heterocycles. The fourth-order valence-electron chi connectivity index (χ4n) is 2.39. The zero-order chi connectivity index (χ0) is 18.2. The topological polar surface area (TPSA) is 85.0 Å². The largest absolute Gasteiger partial charge is 0.493 e. The summed E-state index contributed by atoms with van der Waals surface area (Å²) >= 11 is 0. The van der Waals surface area contributed by atoms with Gasteiger partial charge in [-0.25, -0.2) is 0 Å². The lowest BCUT2D eigenvalue weighted by Crippen LogP contribution is -2.39. The lowest BCUT2D eigenvalue weighted by molar-refractivity contribution is 0.354. The molecule has 0 unspecified atom stereocenters. The van der Waals surface area contributed by atoms with Crippen LogP contribution in [0, 0.1) is 6.92 Å². The monoisotopic (exact) mass is 347 g/mol. The van der Waals surface area contributed by atoms with Gasteiger partial charge in [0.2, 0.25) is 5.89 Å². The Balaban J connectivity index is 1.90. The molecule has 136 valence electrons. The molecular formula is C17H25N5O3. The van der Waals surface area contributed by atoms with E-state index in [1.54, 1.807) is 28.2 Å². The van der Waals surface area contributed by atoms with Crippen molar-refractivity contribution in [2.75, 3.05) is 34.9 Å². The number of aromatic nitrogens is 2. The highest BCUT2D eigenvalue weighted by Gasteiger charge is 2.10. The van der Waals surface area contributed by atoms with E-state index in [2.05, 4.69) is 20.4 Å². The predicted molar refractivity (Wildman–Crippen MR) is 95.1 cm³/mol. The van der Waals surface area contributed by atoms with Crippen molar-refractivity contribution in [3.8, 4) is 11.5 Å². The van der Waals surface area contributed by atoms with Gasteiger partial charge in [0.25, 0.3) is 0 Å². The third-order valence-electron chi connectivity index (χ3n) is 3.73. The fraction of sp³-hybridized carbons (Fsp3) is 0.471. The van der Waals surface area contributed by atoms with Gasteiger partial charge >= 0.3 is 0 Å². The average molecular weight is 347 g/mol. The third kappa shape index (κ3) is 5.10. The van der Waals surface area contributed by atoms with Crippen molar-refractivity contribution >= 4 is 5.96 Å². The molecule has 0 atom stereocenters. The quantitative estimate of drug-likeness (QED) is 0.602. The summed E-state index contributed by atoms with van der Waals surface area (Å²) in [6.45, 7) is 3.02. The van der Waals surface area contributed by atoms with E-state index in [-0.39, 0.29) is 0 Å². The van der Waals surface area contributed by atoms with Gasteiger partial charge in [-0.2, -0.15) is 4.98 Å². The first-order chi connectivity index (χ1) is 12.1. The van der Waals surface area contributed by atoms with Crippen LogP contribution in [0.4, 0.5) is 0 Å². The van der Waals surface area contributed by atoms with Crippen LogP contribution in [0.1, 0.15) is 17.3 Å². The van der Waals surface area contributed by atoms with Crippen LogP contribution in [-0.2, 0) is 13.0 Å². The maximum atomic E-state index is 5.34. The third-order valence-corrected chi connectivity index (χ3v) is 3.73. The highest BCUT2D eigenvalue weighted by molar-refractivity contribution is 5.79. The Morgan fingerprint density at radius 1 is 1.28 bits per heavy atom. The molecule has 25 heavy (non-hydrogen) atoms. The molecule has 0 saturated carbocycles. The van der Waals surface area contributed by atoms with Crippen molar-refractivity contribution < 1.29 is 14.0 Å². The van der Waals surface area contributed by atoms with E-state index >= 15 is 0 Å². The average Bonchev–Trinajstić information content (AvgIpc) is 3.05. The lowest BCUT2D eigenvalue weighted by Gasteiger charge is -2.21. The normalized spacial score (nSPS) is 11.3. The van der Waals surface area contributed by atoms with Gasteiger partial charge in [-0.1, -0.05) is 11.2 Å². The second kappa shape index (κ2) is 8.91. The van der Waals surface area contributed by atoms with Crippen molar-refractivity contribution in [2.24, 2.45) is 4.99 Å². The zero-order valence-corrected chi connectivity index (χ0v) is 15.4. The number of nitrogens with one attached hydrogen (secondary N) is 1. The van der Waals surface area contributed by atoms with Crippen LogP contribution in [0.15, 0.2) is 27.7 Å². The number of benzene rings is 1. The molecule has 0 bridgehead atoms. The number of hydrogen-bond donors (Lipinski definition) is 1. The molecule has 1 heterocycles. The summed E-state index contributed by atoms with van der Waals surface area (Å²) in [6, 6.07) is 5.94.